The Kier molecular flexibility index (Phi) is 5.62. The number of rotatable bonds is 3. The number of piperazine rings is 1. The summed E-state index contributed by atoms with van der Waals surface area (Å²) < 4.78 is 0.831. The van der Waals surface area contributed by atoms with Gasteiger partial charge in [0.25, 0.3) is 0 Å². The van der Waals surface area contributed by atoms with Crippen molar-refractivity contribution < 1.29 is 0 Å². The van der Waals surface area contributed by atoms with E-state index in [1.54, 1.807) is 6.20 Å². The zero-order valence-electron chi connectivity index (χ0n) is 13.7. The van der Waals surface area contributed by atoms with Crippen molar-refractivity contribution in [2.24, 2.45) is 10.2 Å². The molecule has 2 aromatic rings. The van der Waals surface area contributed by atoms with Gasteiger partial charge in [-0.2, -0.15) is 0 Å². The second-order valence-electron chi connectivity index (χ2n) is 5.59. The van der Waals surface area contributed by atoms with E-state index in [1.807, 2.05) is 31.2 Å². The van der Waals surface area contributed by atoms with Gasteiger partial charge >= 0.3 is 151 Å². The molecule has 1 aliphatic rings. The fraction of sp³-hybridized carbons (Fsp3) is 0.278. The maximum absolute atomic E-state index is 4.34. The van der Waals surface area contributed by atoms with Crippen LogP contribution < -0.4 is 4.90 Å². The second-order valence-corrected chi connectivity index (χ2v) is 6.36. The molecule has 6 heteroatoms. The Labute approximate surface area is 150 Å². The van der Waals surface area contributed by atoms with Gasteiger partial charge in [0.2, 0.25) is 0 Å². The Hall–Kier alpha value is -2.17. The first-order valence-electron chi connectivity index (χ1n) is 7.99. The van der Waals surface area contributed by atoms with Crippen molar-refractivity contribution in [3.05, 3.63) is 60.4 Å². The molecule has 0 aliphatic carbocycles. The minimum absolute atomic E-state index is 0.811. The number of anilines is 1. The Morgan fingerprint density at radius 2 is 1.67 bits per heavy atom. The molecule has 1 fully saturated rings. The number of hydrogen-bond donors (Lipinski definition) is 0. The molecule has 1 aromatic heterocycles. The van der Waals surface area contributed by atoms with Crippen molar-refractivity contribution in [2.75, 3.05) is 31.1 Å². The molecule has 24 heavy (non-hydrogen) atoms. The Morgan fingerprint density at radius 3 is 2.33 bits per heavy atom. The number of para-hydroxylation sites is 1. The van der Waals surface area contributed by atoms with Crippen LogP contribution >= 0.6 is 0 Å². The van der Waals surface area contributed by atoms with Crippen molar-refractivity contribution >= 4 is 32.1 Å². The molecule has 0 unspecified atom stereocenters. The van der Waals surface area contributed by atoms with E-state index in [0.29, 0.717) is 0 Å². The first-order chi connectivity index (χ1) is 11.7. The number of amidine groups is 1. The van der Waals surface area contributed by atoms with Crippen LogP contribution in [-0.4, -0.2) is 62.5 Å². The average Bonchev–Trinajstić information content (AvgIpc) is 2.67. The van der Waals surface area contributed by atoms with Crippen LogP contribution in [0.25, 0.3) is 0 Å². The summed E-state index contributed by atoms with van der Waals surface area (Å²) in [7, 11) is 0. The van der Waals surface area contributed by atoms with Gasteiger partial charge in [-0.05, 0) is 0 Å². The van der Waals surface area contributed by atoms with Crippen molar-refractivity contribution in [3.63, 3.8) is 0 Å². The van der Waals surface area contributed by atoms with Crippen molar-refractivity contribution in [1.29, 1.82) is 0 Å². The van der Waals surface area contributed by atoms with E-state index in [9.17, 15) is 0 Å². The first kappa shape index (κ1) is 16.7. The zero-order valence-corrected chi connectivity index (χ0v) is 15.4. The Bertz CT molecular complexity index is 707. The van der Waals surface area contributed by atoms with Crippen LogP contribution in [0.1, 0.15) is 12.6 Å². The van der Waals surface area contributed by atoms with Crippen LogP contribution in [0.3, 0.4) is 0 Å². The van der Waals surface area contributed by atoms with Gasteiger partial charge in [0.1, 0.15) is 0 Å². The monoisotopic (exact) mass is 386 g/mol. The topological polar surface area (TPSA) is 44.1 Å². The van der Waals surface area contributed by atoms with E-state index in [2.05, 4.69) is 65.3 Å². The van der Waals surface area contributed by atoms with E-state index in [1.165, 1.54) is 5.69 Å². The molecule has 1 aliphatic heterocycles. The molecule has 3 rings (SSSR count). The maximum atomic E-state index is 4.34. The van der Waals surface area contributed by atoms with Crippen LogP contribution in [0.15, 0.2) is 64.9 Å². The average molecular weight is 385 g/mol. The van der Waals surface area contributed by atoms with Crippen molar-refractivity contribution in [1.82, 2.24) is 9.88 Å². The van der Waals surface area contributed by atoms with Gasteiger partial charge in [-0.25, -0.2) is 0 Å². The van der Waals surface area contributed by atoms with Gasteiger partial charge in [0.15, 0.2) is 0 Å². The van der Waals surface area contributed by atoms with Crippen LogP contribution in [0, 0.1) is 0 Å². The Balaban J connectivity index is 1.60. The predicted molar refractivity (Wildman–Crippen MR) is 99.9 cm³/mol. The third-order valence-corrected chi connectivity index (χ3v) is 4.71. The first-order valence-corrected chi connectivity index (χ1v) is 8.85. The van der Waals surface area contributed by atoms with Gasteiger partial charge < -0.3 is 0 Å². The van der Waals surface area contributed by atoms with Crippen LogP contribution in [0.2, 0.25) is 0 Å². The van der Waals surface area contributed by atoms with Gasteiger partial charge in [-0.15, -0.1) is 0 Å². The van der Waals surface area contributed by atoms with Gasteiger partial charge in [-0.3, -0.25) is 0 Å². The number of benzene rings is 1. The normalized spacial score (nSPS) is 16.4. The zero-order chi connectivity index (χ0) is 16.8. The molecule has 123 valence electrons. The van der Waals surface area contributed by atoms with E-state index in [0.717, 1.165) is 42.3 Å². The third-order valence-electron chi connectivity index (χ3n) is 3.99. The van der Waals surface area contributed by atoms with Gasteiger partial charge in [0.05, 0.1) is 0 Å². The molecule has 0 atom stereocenters. The number of aromatic nitrogens is 1. The fourth-order valence-corrected chi connectivity index (χ4v) is 3.07. The molecular formula is C18H20N5Se. The van der Waals surface area contributed by atoms with Crippen LogP contribution in [-0.2, 0) is 0 Å². The van der Waals surface area contributed by atoms with Crippen LogP contribution in [0.4, 0.5) is 5.69 Å². The Morgan fingerprint density at radius 1 is 0.958 bits per heavy atom. The summed E-state index contributed by atoms with van der Waals surface area (Å²) in [6.45, 7) is 5.74. The quantitative estimate of drug-likeness (QED) is 0.352. The molecule has 1 aromatic carbocycles. The summed E-state index contributed by atoms with van der Waals surface area (Å²) in [4.78, 5) is 8.91. The predicted octanol–water partition coefficient (Wildman–Crippen LogP) is 2.15. The SMILES string of the molecule is CC(=NN=C([Se])N1CCN(c2ccccc2)CC1)c1ccccn1. The summed E-state index contributed by atoms with van der Waals surface area (Å²) in [5.74, 6) is 0. The van der Waals surface area contributed by atoms with E-state index in [-0.39, 0.29) is 0 Å². The molecule has 0 amide bonds. The molecule has 0 N–H and O–H groups in total. The van der Waals surface area contributed by atoms with E-state index >= 15 is 0 Å². The number of nitrogens with zero attached hydrogens (tertiary/aromatic N) is 5. The van der Waals surface area contributed by atoms with Gasteiger partial charge in [0, 0.05) is 0 Å². The number of pyridine rings is 1. The van der Waals surface area contributed by atoms with E-state index < -0.39 is 0 Å². The molecule has 0 saturated carbocycles. The fourth-order valence-electron chi connectivity index (χ4n) is 2.60. The van der Waals surface area contributed by atoms with Crippen LogP contribution in [0.5, 0.6) is 0 Å². The summed E-state index contributed by atoms with van der Waals surface area (Å²) in [5, 5.41) is 8.64. The molecule has 5 nitrogen and oxygen atoms in total. The molecule has 1 radical (unpaired) electrons. The number of hydrogen-bond acceptors (Lipinski definition) is 4. The summed E-state index contributed by atoms with van der Waals surface area (Å²) in [6, 6.07) is 16.3. The molecule has 0 spiro atoms. The van der Waals surface area contributed by atoms with Crippen molar-refractivity contribution in [3.8, 4) is 0 Å². The summed E-state index contributed by atoms with van der Waals surface area (Å²) in [6.07, 6.45) is 1.76. The third kappa shape index (κ3) is 4.22. The summed E-state index contributed by atoms with van der Waals surface area (Å²) >= 11 is 3.04. The molecule has 2 heterocycles. The standard InChI is InChI=1S/C18H20N5Se/c1-15(17-9-5-6-10-19-17)20-21-18(24)23-13-11-22(12-14-23)16-7-3-2-4-8-16/h2-10H,11-14H2,1H3. The molecular weight excluding hydrogens is 365 g/mol. The minimum atomic E-state index is 0.811. The van der Waals surface area contributed by atoms with Gasteiger partial charge in [-0.1, -0.05) is 0 Å². The molecule has 1 saturated heterocycles. The molecule has 0 bridgehead atoms. The summed E-state index contributed by atoms with van der Waals surface area (Å²) in [5.41, 5.74) is 2.94. The van der Waals surface area contributed by atoms with Crippen molar-refractivity contribution in [2.45, 2.75) is 6.92 Å². The second kappa shape index (κ2) is 8.08. The van der Waals surface area contributed by atoms with E-state index in [4.69, 9.17) is 0 Å².